The predicted octanol–water partition coefficient (Wildman–Crippen LogP) is 1.18. The van der Waals surface area contributed by atoms with Gasteiger partial charge < -0.3 is 20.3 Å². The Balaban J connectivity index is 2.02. The van der Waals surface area contributed by atoms with Crippen LogP contribution in [0.1, 0.15) is 26.7 Å². The van der Waals surface area contributed by atoms with Crippen molar-refractivity contribution in [2.24, 2.45) is 0 Å². The van der Waals surface area contributed by atoms with Gasteiger partial charge in [-0.05, 0) is 26.7 Å². The molecule has 0 aliphatic carbocycles. The summed E-state index contributed by atoms with van der Waals surface area (Å²) in [5.41, 5.74) is 5.68. The Kier molecular flexibility index (Phi) is 4.20. The number of hydrogen-bond donors (Lipinski definition) is 1. The van der Waals surface area contributed by atoms with E-state index in [2.05, 4.69) is 9.97 Å². The Bertz CT molecular complexity index is 594. The number of hydrogen-bond acceptors (Lipinski definition) is 8. The fourth-order valence-electron chi connectivity index (χ4n) is 3.25. The fraction of sp³-hybridized carbons (Fsp3) is 0.714. The van der Waals surface area contributed by atoms with Crippen molar-refractivity contribution in [1.29, 1.82) is 0 Å². The van der Waals surface area contributed by atoms with Crippen LogP contribution in [0.4, 0.5) is 23.3 Å². The summed E-state index contributed by atoms with van der Waals surface area (Å²) in [7, 11) is 0. The molecule has 0 unspecified atom stereocenters. The third-order valence-electron chi connectivity index (χ3n) is 4.17. The number of nitrogens with zero attached hydrogens (tertiary/aromatic N) is 5. The molecular weight excluding hydrogens is 300 g/mol. The second kappa shape index (κ2) is 6.15. The van der Waals surface area contributed by atoms with E-state index in [0.29, 0.717) is 24.9 Å². The standard InChI is InChI=1S/C14H22N6O3/c1-9-7-19(8-10(2)23-9)13-11(20(21)22)12(15)16-14(17-13)18-5-3-4-6-18/h9-10H,3-8H2,1-2H3,(H2,15,16,17)/t9-,10+. The number of nitrogen functional groups attached to an aromatic ring is 1. The maximum atomic E-state index is 11.5. The highest BCUT2D eigenvalue weighted by atomic mass is 16.6. The molecule has 2 saturated heterocycles. The molecule has 23 heavy (non-hydrogen) atoms. The Morgan fingerprint density at radius 3 is 2.35 bits per heavy atom. The largest absolute Gasteiger partial charge is 0.378 e. The van der Waals surface area contributed by atoms with Crippen molar-refractivity contribution in [3.63, 3.8) is 0 Å². The molecule has 0 spiro atoms. The minimum absolute atomic E-state index is 0.0234. The summed E-state index contributed by atoms with van der Waals surface area (Å²) >= 11 is 0. The predicted molar refractivity (Wildman–Crippen MR) is 86.8 cm³/mol. The van der Waals surface area contributed by atoms with Gasteiger partial charge in [0.05, 0.1) is 17.1 Å². The fourth-order valence-corrected chi connectivity index (χ4v) is 3.25. The molecule has 3 heterocycles. The van der Waals surface area contributed by atoms with Crippen LogP contribution >= 0.6 is 0 Å². The number of anilines is 3. The zero-order valence-electron chi connectivity index (χ0n) is 13.4. The first-order valence-electron chi connectivity index (χ1n) is 7.93. The van der Waals surface area contributed by atoms with E-state index < -0.39 is 4.92 Å². The monoisotopic (exact) mass is 322 g/mol. The molecular formula is C14H22N6O3. The quantitative estimate of drug-likeness (QED) is 0.652. The molecule has 2 aliphatic rings. The van der Waals surface area contributed by atoms with E-state index in [-0.39, 0.29) is 23.7 Å². The summed E-state index contributed by atoms with van der Waals surface area (Å²) in [4.78, 5) is 23.5. The Morgan fingerprint density at radius 2 is 1.78 bits per heavy atom. The zero-order chi connectivity index (χ0) is 16.6. The topological polar surface area (TPSA) is 111 Å². The summed E-state index contributed by atoms with van der Waals surface area (Å²) < 4.78 is 5.70. The molecule has 9 heteroatoms. The van der Waals surface area contributed by atoms with Gasteiger partial charge in [-0.3, -0.25) is 10.1 Å². The van der Waals surface area contributed by atoms with Gasteiger partial charge in [-0.15, -0.1) is 0 Å². The van der Waals surface area contributed by atoms with Gasteiger partial charge in [0.1, 0.15) is 0 Å². The number of rotatable bonds is 3. The van der Waals surface area contributed by atoms with E-state index in [0.717, 1.165) is 25.9 Å². The molecule has 2 N–H and O–H groups in total. The van der Waals surface area contributed by atoms with Crippen molar-refractivity contribution in [3.05, 3.63) is 10.1 Å². The number of nitro groups is 1. The summed E-state index contributed by atoms with van der Waals surface area (Å²) in [6, 6.07) is 0. The molecule has 1 aromatic heterocycles. The average molecular weight is 322 g/mol. The van der Waals surface area contributed by atoms with Crippen molar-refractivity contribution >= 4 is 23.3 Å². The first-order valence-corrected chi connectivity index (χ1v) is 7.93. The lowest BCUT2D eigenvalue weighted by Gasteiger charge is -2.36. The zero-order valence-corrected chi connectivity index (χ0v) is 13.4. The second-order valence-corrected chi connectivity index (χ2v) is 6.19. The van der Waals surface area contributed by atoms with Crippen molar-refractivity contribution in [2.75, 3.05) is 41.7 Å². The van der Waals surface area contributed by atoms with Gasteiger partial charge in [0.25, 0.3) is 0 Å². The number of aromatic nitrogens is 2. The van der Waals surface area contributed by atoms with Gasteiger partial charge in [-0.2, -0.15) is 9.97 Å². The van der Waals surface area contributed by atoms with Gasteiger partial charge in [-0.1, -0.05) is 0 Å². The van der Waals surface area contributed by atoms with E-state index in [1.165, 1.54) is 0 Å². The van der Waals surface area contributed by atoms with Crippen molar-refractivity contribution < 1.29 is 9.66 Å². The molecule has 0 radical (unpaired) electrons. The number of nitrogens with two attached hydrogens (primary N) is 1. The first kappa shape index (κ1) is 15.7. The normalized spacial score (nSPS) is 25.0. The minimum Gasteiger partial charge on any atom is -0.378 e. The van der Waals surface area contributed by atoms with Gasteiger partial charge in [-0.25, -0.2) is 0 Å². The smallest absolute Gasteiger partial charge is 0.353 e. The highest BCUT2D eigenvalue weighted by Crippen LogP contribution is 2.34. The van der Waals surface area contributed by atoms with E-state index in [1.807, 2.05) is 23.6 Å². The van der Waals surface area contributed by atoms with Crippen molar-refractivity contribution in [3.8, 4) is 0 Å². The van der Waals surface area contributed by atoms with Gasteiger partial charge in [0.2, 0.25) is 17.6 Å². The molecule has 2 aliphatic heterocycles. The SMILES string of the molecule is C[C@@H]1CN(c2nc(N3CCCC3)nc(N)c2[N+](=O)[O-])C[C@H](C)O1. The van der Waals surface area contributed by atoms with Crippen LogP contribution in [0.2, 0.25) is 0 Å². The molecule has 2 fully saturated rings. The van der Waals surface area contributed by atoms with Gasteiger partial charge >= 0.3 is 5.69 Å². The van der Waals surface area contributed by atoms with Crippen LogP contribution in [0.5, 0.6) is 0 Å². The second-order valence-electron chi connectivity index (χ2n) is 6.19. The van der Waals surface area contributed by atoms with Crippen molar-refractivity contribution in [1.82, 2.24) is 9.97 Å². The molecule has 9 nitrogen and oxygen atoms in total. The van der Waals surface area contributed by atoms with E-state index in [1.54, 1.807) is 0 Å². The molecule has 126 valence electrons. The number of morpholine rings is 1. The van der Waals surface area contributed by atoms with E-state index >= 15 is 0 Å². The third-order valence-corrected chi connectivity index (χ3v) is 4.17. The molecule has 0 bridgehead atoms. The Morgan fingerprint density at radius 1 is 1.17 bits per heavy atom. The maximum Gasteiger partial charge on any atom is 0.353 e. The van der Waals surface area contributed by atoms with Crippen molar-refractivity contribution in [2.45, 2.75) is 38.9 Å². The maximum absolute atomic E-state index is 11.5. The van der Waals surface area contributed by atoms with Crippen LogP contribution in [0.3, 0.4) is 0 Å². The lowest BCUT2D eigenvalue weighted by molar-refractivity contribution is -0.383. The summed E-state index contributed by atoms with van der Waals surface area (Å²) in [5.74, 6) is 0.701. The van der Waals surface area contributed by atoms with Gasteiger partial charge in [0, 0.05) is 26.2 Å². The first-order chi connectivity index (χ1) is 11.0. The van der Waals surface area contributed by atoms with Crippen LogP contribution in [0.25, 0.3) is 0 Å². The molecule has 0 amide bonds. The average Bonchev–Trinajstić information content (AvgIpc) is 2.99. The lowest BCUT2D eigenvalue weighted by atomic mass is 10.2. The number of ether oxygens (including phenoxy) is 1. The van der Waals surface area contributed by atoms with E-state index in [9.17, 15) is 10.1 Å². The van der Waals surface area contributed by atoms with E-state index in [4.69, 9.17) is 10.5 Å². The third kappa shape index (κ3) is 3.14. The highest BCUT2D eigenvalue weighted by Gasteiger charge is 2.33. The lowest BCUT2D eigenvalue weighted by Crippen LogP contribution is -2.46. The van der Waals surface area contributed by atoms with Crippen LogP contribution in [-0.2, 0) is 4.74 Å². The Labute approximate surface area is 134 Å². The van der Waals surface area contributed by atoms with Crippen LogP contribution in [0.15, 0.2) is 0 Å². The molecule has 0 aromatic carbocycles. The summed E-state index contributed by atoms with van der Waals surface area (Å²) in [6.07, 6.45) is 2.09. The highest BCUT2D eigenvalue weighted by molar-refractivity contribution is 5.71. The van der Waals surface area contributed by atoms with Gasteiger partial charge in [0.15, 0.2) is 0 Å². The molecule has 0 saturated carbocycles. The summed E-state index contributed by atoms with van der Waals surface area (Å²) in [5, 5.41) is 11.5. The molecule has 1 aromatic rings. The Hall–Kier alpha value is -2.16. The summed E-state index contributed by atoms with van der Waals surface area (Å²) in [6.45, 7) is 6.68. The minimum atomic E-state index is -0.497. The van der Waals surface area contributed by atoms with Crippen LogP contribution in [-0.4, -0.2) is 53.3 Å². The molecule has 3 rings (SSSR count). The van der Waals surface area contributed by atoms with Crippen LogP contribution in [0, 0.1) is 10.1 Å². The molecule has 2 atom stereocenters. The van der Waals surface area contributed by atoms with Crippen LogP contribution < -0.4 is 15.5 Å².